The van der Waals surface area contributed by atoms with Gasteiger partial charge in [-0.1, -0.05) is 73.2 Å². The second kappa shape index (κ2) is 10.2. The van der Waals surface area contributed by atoms with E-state index in [1.807, 2.05) is 25.1 Å². The fraction of sp³-hybridized carbons (Fsp3) is 0.286. The lowest BCUT2D eigenvalue weighted by Crippen LogP contribution is -2.06. The topological polar surface area (TPSA) is 34.1 Å². The van der Waals surface area contributed by atoms with Crippen molar-refractivity contribution in [1.82, 2.24) is 0 Å². The number of hydrogen-bond donors (Lipinski definition) is 0. The minimum Gasteiger partial charge on any atom is -0.299 e. The van der Waals surface area contributed by atoms with Gasteiger partial charge in [0, 0.05) is 24.8 Å². The van der Waals surface area contributed by atoms with Crippen LogP contribution >= 0.6 is 0 Å². The molecule has 3 aromatic rings. The van der Waals surface area contributed by atoms with Crippen LogP contribution in [0.15, 0.2) is 66.7 Å². The Morgan fingerprint density at radius 1 is 0.800 bits per heavy atom. The molecule has 3 aromatic carbocycles. The fourth-order valence-electron chi connectivity index (χ4n) is 3.69. The SMILES string of the molecule is CCC(=O)c1cccc(Cc2ccc(CCC(=O)Cc3cc(C)ccc3C)cc2)c1. The average molecular weight is 399 g/mol. The maximum absolute atomic E-state index is 12.4. The highest BCUT2D eigenvalue weighted by molar-refractivity contribution is 5.96. The first kappa shape index (κ1) is 21.7. The van der Waals surface area contributed by atoms with E-state index >= 15 is 0 Å². The Labute approximate surface area is 180 Å². The molecule has 0 N–H and O–H groups in total. The molecule has 0 radical (unpaired) electrons. The maximum Gasteiger partial charge on any atom is 0.162 e. The minimum absolute atomic E-state index is 0.178. The van der Waals surface area contributed by atoms with E-state index in [2.05, 4.69) is 62.4 Å². The van der Waals surface area contributed by atoms with E-state index in [-0.39, 0.29) is 11.6 Å². The van der Waals surface area contributed by atoms with Gasteiger partial charge in [-0.25, -0.2) is 0 Å². The van der Waals surface area contributed by atoms with Crippen LogP contribution in [0, 0.1) is 13.8 Å². The fourth-order valence-corrected chi connectivity index (χ4v) is 3.69. The van der Waals surface area contributed by atoms with Crippen LogP contribution < -0.4 is 0 Å². The zero-order chi connectivity index (χ0) is 21.5. The lowest BCUT2D eigenvalue weighted by molar-refractivity contribution is -0.118. The number of carbonyl (C=O) groups excluding carboxylic acids is 2. The largest absolute Gasteiger partial charge is 0.299 e. The van der Waals surface area contributed by atoms with Crippen LogP contribution in [0.25, 0.3) is 0 Å². The predicted octanol–water partition coefficient (Wildman–Crippen LogP) is 6.23. The van der Waals surface area contributed by atoms with Crippen molar-refractivity contribution in [2.45, 2.75) is 52.9 Å². The Morgan fingerprint density at radius 2 is 1.53 bits per heavy atom. The summed E-state index contributed by atoms with van der Waals surface area (Å²) in [5.41, 5.74) is 7.84. The molecule has 0 aliphatic rings. The summed E-state index contributed by atoms with van der Waals surface area (Å²) in [5, 5.41) is 0. The predicted molar refractivity (Wildman–Crippen MR) is 123 cm³/mol. The Bertz CT molecular complexity index is 1030. The molecule has 0 bridgehead atoms. The van der Waals surface area contributed by atoms with E-state index in [1.165, 1.54) is 22.3 Å². The van der Waals surface area contributed by atoms with Gasteiger partial charge in [-0.15, -0.1) is 0 Å². The van der Waals surface area contributed by atoms with Crippen molar-refractivity contribution < 1.29 is 9.59 Å². The molecule has 0 aliphatic heterocycles. The van der Waals surface area contributed by atoms with Gasteiger partial charge in [-0.05, 0) is 60.6 Å². The highest BCUT2D eigenvalue weighted by Crippen LogP contribution is 2.16. The molecule has 3 rings (SSSR count). The first-order valence-corrected chi connectivity index (χ1v) is 10.7. The molecule has 0 unspecified atom stereocenters. The highest BCUT2D eigenvalue weighted by atomic mass is 16.1. The van der Waals surface area contributed by atoms with Gasteiger partial charge in [0.25, 0.3) is 0 Å². The standard InChI is InChI=1S/C28H30O2/c1-4-28(30)25-7-5-6-24(18-25)17-23-12-10-22(11-13-23)14-15-27(29)19-26-16-20(2)8-9-21(26)3/h5-13,16,18H,4,14-15,17,19H2,1-3H3. The molecular formula is C28H30O2. The van der Waals surface area contributed by atoms with Gasteiger partial charge < -0.3 is 0 Å². The normalized spacial score (nSPS) is 10.8. The molecular weight excluding hydrogens is 368 g/mol. The van der Waals surface area contributed by atoms with E-state index in [4.69, 9.17) is 0 Å². The summed E-state index contributed by atoms with van der Waals surface area (Å²) in [6, 6.07) is 22.7. The Balaban J connectivity index is 1.55. The number of carbonyl (C=O) groups is 2. The quantitative estimate of drug-likeness (QED) is 0.400. The van der Waals surface area contributed by atoms with Crippen LogP contribution in [0.5, 0.6) is 0 Å². The molecule has 0 saturated heterocycles. The average Bonchev–Trinajstić information content (AvgIpc) is 2.75. The minimum atomic E-state index is 0.178. The van der Waals surface area contributed by atoms with Crippen molar-refractivity contribution >= 4 is 11.6 Å². The van der Waals surface area contributed by atoms with Gasteiger partial charge in [-0.3, -0.25) is 9.59 Å². The molecule has 154 valence electrons. The third-order valence-corrected chi connectivity index (χ3v) is 5.59. The molecule has 0 aliphatic carbocycles. The van der Waals surface area contributed by atoms with Crippen molar-refractivity contribution in [3.63, 3.8) is 0 Å². The summed E-state index contributed by atoms with van der Waals surface area (Å²) in [5.74, 6) is 0.461. The zero-order valence-corrected chi connectivity index (χ0v) is 18.2. The van der Waals surface area contributed by atoms with E-state index in [1.54, 1.807) is 0 Å². The molecule has 0 amide bonds. The Morgan fingerprint density at radius 3 is 2.27 bits per heavy atom. The van der Waals surface area contributed by atoms with Crippen molar-refractivity contribution in [1.29, 1.82) is 0 Å². The number of Topliss-reactive ketones (excluding diaryl/α,β-unsaturated/α-hetero) is 2. The number of aryl methyl sites for hydroxylation is 3. The molecule has 2 heteroatoms. The molecule has 0 heterocycles. The van der Waals surface area contributed by atoms with Crippen LogP contribution in [0.1, 0.15) is 63.5 Å². The van der Waals surface area contributed by atoms with Crippen molar-refractivity contribution in [3.8, 4) is 0 Å². The lowest BCUT2D eigenvalue weighted by Gasteiger charge is -2.08. The van der Waals surface area contributed by atoms with Crippen LogP contribution in [0.2, 0.25) is 0 Å². The Hall–Kier alpha value is -3.00. The van der Waals surface area contributed by atoms with E-state index < -0.39 is 0 Å². The molecule has 30 heavy (non-hydrogen) atoms. The third kappa shape index (κ3) is 6.00. The molecule has 2 nitrogen and oxygen atoms in total. The highest BCUT2D eigenvalue weighted by Gasteiger charge is 2.08. The van der Waals surface area contributed by atoms with Crippen LogP contribution in [-0.2, 0) is 24.1 Å². The first-order valence-electron chi connectivity index (χ1n) is 10.7. The third-order valence-electron chi connectivity index (χ3n) is 5.59. The second-order valence-corrected chi connectivity index (χ2v) is 8.12. The first-order chi connectivity index (χ1) is 14.4. The molecule has 0 spiro atoms. The summed E-state index contributed by atoms with van der Waals surface area (Å²) in [4.78, 5) is 24.4. The summed E-state index contributed by atoms with van der Waals surface area (Å²) < 4.78 is 0. The summed E-state index contributed by atoms with van der Waals surface area (Å²) in [6.45, 7) is 6.02. The van der Waals surface area contributed by atoms with Crippen LogP contribution in [0.3, 0.4) is 0 Å². The van der Waals surface area contributed by atoms with Gasteiger partial charge in [0.05, 0.1) is 0 Å². The zero-order valence-electron chi connectivity index (χ0n) is 18.2. The second-order valence-electron chi connectivity index (χ2n) is 8.12. The summed E-state index contributed by atoms with van der Waals surface area (Å²) in [6.07, 6.45) is 3.17. The van der Waals surface area contributed by atoms with Crippen molar-refractivity contribution in [3.05, 3.63) is 106 Å². The van der Waals surface area contributed by atoms with E-state index in [9.17, 15) is 9.59 Å². The lowest BCUT2D eigenvalue weighted by atomic mass is 9.97. The van der Waals surface area contributed by atoms with E-state index in [0.717, 1.165) is 29.5 Å². The monoisotopic (exact) mass is 398 g/mol. The van der Waals surface area contributed by atoms with Crippen LogP contribution in [0.4, 0.5) is 0 Å². The van der Waals surface area contributed by atoms with Gasteiger partial charge in [0.15, 0.2) is 5.78 Å². The number of ketones is 2. The number of benzene rings is 3. The van der Waals surface area contributed by atoms with Crippen molar-refractivity contribution in [2.75, 3.05) is 0 Å². The smallest absolute Gasteiger partial charge is 0.162 e. The maximum atomic E-state index is 12.4. The number of rotatable bonds is 9. The molecule has 0 atom stereocenters. The molecule has 0 fully saturated rings. The van der Waals surface area contributed by atoms with Crippen molar-refractivity contribution in [2.24, 2.45) is 0 Å². The van der Waals surface area contributed by atoms with E-state index in [0.29, 0.717) is 19.3 Å². The van der Waals surface area contributed by atoms with Gasteiger partial charge in [0.1, 0.15) is 5.78 Å². The van der Waals surface area contributed by atoms with Gasteiger partial charge >= 0.3 is 0 Å². The van der Waals surface area contributed by atoms with Gasteiger partial charge in [-0.2, -0.15) is 0 Å². The summed E-state index contributed by atoms with van der Waals surface area (Å²) in [7, 11) is 0. The number of hydrogen-bond acceptors (Lipinski definition) is 2. The molecule has 0 saturated carbocycles. The van der Waals surface area contributed by atoms with Gasteiger partial charge in [0.2, 0.25) is 0 Å². The molecule has 0 aromatic heterocycles. The van der Waals surface area contributed by atoms with Crippen LogP contribution in [-0.4, -0.2) is 11.6 Å². The Kier molecular flexibility index (Phi) is 7.35. The summed E-state index contributed by atoms with van der Waals surface area (Å²) >= 11 is 0.